The SMILES string of the molecule is CS(=O)(=O)NCc1cnc2cc(-c3ccc(N(CC(F)(F)F)c4cc(Cl)c(OC5CC5)c(C#N)c4)cc3)ccc2n1. The molecule has 0 bridgehead atoms. The fourth-order valence-corrected chi connectivity index (χ4v) is 4.82. The zero-order chi connectivity index (χ0) is 29.4. The van der Waals surface area contributed by atoms with Crippen molar-refractivity contribution in [1.29, 1.82) is 5.26 Å². The van der Waals surface area contributed by atoms with Gasteiger partial charge >= 0.3 is 6.18 Å². The molecule has 41 heavy (non-hydrogen) atoms. The van der Waals surface area contributed by atoms with Gasteiger partial charge in [-0.25, -0.2) is 18.1 Å². The quantitative estimate of drug-likeness (QED) is 0.246. The maximum absolute atomic E-state index is 13.6. The molecule has 0 amide bonds. The predicted molar refractivity (Wildman–Crippen MR) is 150 cm³/mol. The van der Waals surface area contributed by atoms with Crippen molar-refractivity contribution in [3.63, 3.8) is 0 Å². The Morgan fingerprint density at radius 3 is 2.41 bits per heavy atom. The molecule has 13 heteroatoms. The van der Waals surface area contributed by atoms with Gasteiger partial charge in [0.05, 0.1) is 52.4 Å². The zero-order valence-corrected chi connectivity index (χ0v) is 23.2. The summed E-state index contributed by atoms with van der Waals surface area (Å²) in [4.78, 5) is 9.84. The van der Waals surface area contributed by atoms with Gasteiger partial charge in [0.15, 0.2) is 5.75 Å². The van der Waals surface area contributed by atoms with Gasteiger partial charge in [-0.3, -0.25) is 4.98 Å². The highest BCUT2D eigenvalue weighted by Gasteiger charge is 2.33. The Morgan fingerprint density at radius 1 is 1.07 bits per heavy atom. The Balaban J connectivity index is 1.43. The molecule has 1 fully saturated rings. The Bertz CT molecular complexity index is 1760. The number of fused-ring (bicyclic) bond motifs is 1. The van der Waals surface area contributed by atoms with Crippen LogP contribution in [0.3, 0.4) is 0 Å². The molecule has 1 aliphatic carbocycles. The molecule has 4 aromatic rings. The summed E-state index contributed by atoms with van der Waals surface area (Å²) in [6.45, 7) is -1.28. The van der Waals surface area contributed by atoms with Crippen molar-refractivity contribution in [2.45, 2.75) is 31.7 Å². The van der Waals surface area contributed by atoms with E-state index in [0.29, 0.717) is 16.7 Å². The largest absolute Gasteiger partial charge is 0.487 e. The van der Waals surface area contributed by atoms with Crippen LogP contribution in [0.2, 0.25) is 5.02 Å². The Kier molecular flexibility index (Phi) is 7.78. The van der Waals surface area contributed by atoms with Crippen LogP contribution < -0.4 is 14.4 Å². The summed E-state index contributed by atoms with van der Waals surface area (Å²) in [5.41, 5.74) is 3.52. The van der Waals surface area contributed by atoms with Gasteiger partial charge in [-0.05, 0) is 60.4 Å². The first-order valence-corrected chi connectivity index (χ1v) is 14.7. The third-order valence-corrected chi connectivity index (χ3v) is 7.18. The van der Waals surface area contributed by atoms with E-state index >= 15 is 0 Å². The van der Waals surface area contributed by atoms with Gasteiger partial charge in [-0.1, -0.05) is 29.8 Å². The lowest BCUT2D eigenvalue weighted by atomic mass is 10.0. The molecular formula is C28H23ClF3N5O3S. The summed E-state index contributed by atoms with van der Waals surface area (Å²) >= 11 is 6.36. The van der Waals surface area contributed by atoms with Gasteiger partial charge in [0.2, 0.25) is 10.0 Å². The number of nitrogens with one attached hydrogen (secondary N) is 1. The van der Waals surface area contributed by atoms with Gasteiger partial charge in [0.25, 0.3) is 0 Å². The predicted octanol–water partition coefficient (Wildman–Crippen LogP) is 6.11. The van der Waals surface area contributed by atoms with Crippen LogP contribution in [0.25, 0.3) is 22.2 Å². The molecule has 1 heterocycles. The van der Waals surface area contributed by atoms with Crippen molar-refractivity contribution < 1.29 is 26.3 Å². The first-order valence-electron chi connectivity index (χ1n) is 12.4. The van der Waals surface area contributed by atoms with E-state index in [9.17, 15) is 26.9 Å². The van der Waals surface area contributed by atoms with Gasteiger partial charge in [0.1, 0.15) is 12.6 Å². The molecule has 0 unspecified atom stereocenters. The van der Waals surface area contributed by atoms with E-state index in [1.165, 1.54) is 18.3 Å². The Labute approximate surface area is 239 Å². The second-order valence-corrected chi connectivity index (χ2v) is 11.9. The normalized spacial score (nSPS) is 13.7. The molecule has 0 atom stereocenters. The Hall–Kier alpha value is -3.92. The number of hydrogen-bond acceptors (Lipinski definition) is 7. The van der Waals surface area contributed by atoms with Crippen LogP contribution in [0.5, 0.6) is 5.75 Å². The number of hydrogen-bond donors (Lipinski definition) is 1. The minimum absolute atomic E-state index is 0.0107. The zero-order valence-electron chi connectivity index (χ0n) is 21.6. The van der Waals surface area contributed by atoms with Gasteiger partial charge in [0, 0.05) is 11.4 Å². The van der Waals surface area contributed by atoms with Crippen LogP contribution in [0, 0.1) is 11.3 Å². The van der Waals surface area contributed by atoms with E-state index in [1.54, 1.807) is 42.5 Å². The number of nitriles is 1. The van der Waals surface area contributed by atoms with E-state index in [1.807, 2.05) is 6.07 Å². The van der Waals surface area contributed by atoms with E-state index in [2.05, 4.69) is 14.7 Å². The lowest BCUT2D eigenvalue weighted by Crippen LogP contribution is -2.30. The molecule has 212 valence electrons. The van der Waals surface area contributed by atoms with Gasteiger partial charge in [-0.15, -0.1) is 0 Å². The molecule has 0 saturated heterocycles. The van der Waals surface area contributed by atoms with E-state index in [4.69, 9.17) is 16.3 Å². The summed E-state index contributed by atoms with van der Waals surface area (Å²) in [5.74, 6) is 0.181. The second kappa shape index (κ2) is 11.2. The standard InChI is InChI=1S/C28H23ClF3N5O3S/c1-41(38,39)35-15-20-14-34-26-11-18(4-9-25(26)36-20)17-2-5-21(6-3-17)37(16-28(30,31)32)22-10-19(13-33)27(24(29)12-22)40-23-7-8-23/h2-6,9-12,14,23,35H,7-8,15-16H2,1H3. The van der Waals surface area contributed by atoms with E-state index in [-0.39, 0.29) is 40.4 Å². The fourth-order valence-electron chi connectivity index (χ4n) is 4.15. The smallest absolute Gasteiger partial charge is 0.406 e. The molecule has 1 N–H and O–H groups in total. The van der Waals surface area contributed by atoms with E-state index < -0.39 is 22.7 Å². The van der Waals surface area contributed by atoms with Crippen molar-refractivity contribution in [2.24, 2.45) is 0 Å². The number of nitrogens with zero attached hydrogens (tertiary/aromatic N) is 4. The average Bonchev–Trinajstić information content (AvgIpc) is 3.75. The van der Waals surface area contributed by atoms with Crippen LogP contribution in [-0.4, -0.2) is 43.5 Å². The fraction of sp³-hybridized carbons (Fsp3) is 0.250. The minimum atomic E-state index is -4.53. The summed E-state index contributed by atoms with van der Waals surface area (Å²) in [7, 11) is -3.38. The molecule has 1 aromatic heterocycles. The summed E-state index contributed by atoms with van der Waals surface area (Å²) in [5, 5.41) is 9.70. The molecule has 0 aliphatic heterocycles. The number of halogens is 4. The molecular weight excluding hydrogens is 579 g/mol. The number of aromatic nitrogens is 2. The number of anilines is 2. The van der Waals surface area contributed by atoms with Gasteiger partial charge < -0.3 is 9.64 Å². The number of rotatable bonds is 9. The van der Waals surface area contributed by atoms with Crippen LogP contribution in [-0.2, 0) is 16.6 Å². The number of ether oxygens (including phenoxy) is 1. The molecule has 0 spiro atoms. The molecule has 3 aromatic carbocycles. The maximum Gasteiger partial charge on any atom is 0.406 e. The molecule has 0 radical (unpaired) electrons. The van der Waals surface area contributed by atoms with E-state index in [0.717, 1.165) is 35.1 Å². The highest BCUT2D eigenvalue weighted by Crippen LogP contribution is 2.40. The third-order valence-electron chi connectivity index (χ3n) is 6.23. The molecule has 1 aliphatic rings. The van der Waals surface area contributed by atoms with Crippen molar-refractivity contribution in [2.75, 3.05) is 17.7 Å². The Morgan fingerprint density at radius 2 is 1.78 bits per heavy atom. The number of alkyl halides is 3. The van der Waals surface area contributed by atoms with Crippen molar-refractivity contribution >= 4 is 44.0 Å². The summed E-state index contributed by atoms with van der Waals surface area (Å²) < 4.78 is 71.7. The number of sulfonamides is 1. The van der Waals surface area contributed by atoms with Crippen molar-refractivity contribution in [1.82, 2.24) is 14.7 Å². The number of benzene rings is 3. The molecule has 8 nitrogen and oxygen atoms in total. The highest BCUT2D eigenvalue weighted by atomic mass is 35.5. The van der Waals surface area contributed by atoms with Crippen molar-refractivity contribution in [3.8, 4) is 22.9 Å². The topological polar surface area (TPSA) is 108 Å². The maximum atomic E-state index is 13.6. The van der Waals surface area contributed by atoms with Crippen LogP contribution in [0.1, 0.15) is 24.1 Å². The van der Waals surface area contributed by atoms with Crippen LogP contribution in [0.15, 0.2) is 60.8 Å². The first-order chi connectivity index (χ1) is 19.4. The van der Waals surface area contributed by atoms with Crippen molar-refractivity contribution in [3.05, 3.63) is 77.1 Å². The lowest BCUT2D eigenvalue weighted by Gasteiger charge is -2.27. The monoisotopic (exact) mass is 601 g/mol. The summed E-state index contributed by atoms with van der Waals surface area (Å²) in [6, 6.07) is 16.5. The lowest BCUT2D eigenvalue weighted by molar-refractivity contribution is -0.118. The third kappa shape index (κ3) is 7.24. The van der Waals surface area contributed by atoms with Crippen LogP contribution >= 0.6 is 11.6 Å². The van der Waals surface area contributed by atoms with Crippen LogP contribution in [0.4, 0.5) is 24.5 Å². The molecule has 5 rings (SSSR count). The molecule has 1 saturated carbocycles. The van der Waals surface area contributed by atoms with Gasteiger partial charge in [-0.2, -0.15) is 18.4 Å². The first kappa shape index (κ1) is 28.6. The summed E-state index contributed by atoms with van der Waals surface area (Å²) in [6.07, 6.45) is -0.366. The minimum Gasteiger partial charge on any atom is -0.487 e. The average molecular weight is 602 g/mol. The second-order valence-electron chi connectivity index (χ2n) is 9.64. The highest BCUT2D eigenvalue weighted by molar-refractivity contribution is 7.88.